The minimum Gasteiger partial charge on any atom is -0.399 e. The standard InChI is InChI=1S/C20H22N4/c1-13-15-6-4-5-7-17(15)22-20-19(13)16-12-14(21)8-9-18(16)24(20)11-10-23(2)3/h4-9,12H,10-11,21H2,1-3H3. The summed E-state index contributed by atoms with van der Waals surface area (Å²) >= 11 is 0. The van der Waals surface area contributed by atoms with E-state index in [4.69, 9.17) is 10.7 Å². The maximum atomic E-state index is 6.07. The number of rotatable bonds is 3. The summed E-state index contributed by atoms with van der Waals surface area (Å²) in [6, 6.07) is 14.5. The number of pyridine rings is 1. The van der Waals surface area contributed by atoms with Gasteiger partial charge in [-0.1, -0.05) is 18.2 Å². The second kappa shape index (κ2) is 5.49. The Kier molecular flexibility index (Phi) is 3.43. The van der Waals surface area contributed by atoms with E-state index in [2.05, 4.69) is 60.8 Å². The third-order valence-electron chi connectivity index (χ3n) is 4.74. The van der Waals surface area contributed by atoms with Crippen LogP contribution in [0.3, 0.4) is 0 Å². The van der Waals surface area contributed by atoms with Crippen LogP contribution in [0.5, 0.6) is 0 Å². The average Bonchev–Trinajstić information content (AvgIpc) is 2.86. The van der Waals surface area contributed by atoms with Crippen LogP contribution < -0.4 is 5.73 Å². The molecule has 0 unspecified atom stereocenters. The van der Waals surface area contributed by atoms with Gasteiger partial charge < -0.3 is 15.2 Å². The van der Waals surface area contributed by atoms with Crippen LogP contribution in [0.1, 0.15) is 5.56 Å². The molecule has 0 aliphatic carbocycles. The second-order valence-electron chi connectivity index (χ2n) is 6.68. The summed E-state index contributed by atoms with van der Waals surface area (Å²) in [5.74, 6) is 0. The molecule has 2 heterocycles. The number of fused-ring (bicyclic) bond motifs is 4. The van der Waals surface area contributed by atoms with Gasteiger partial charge in [0, 0.05) is 34.9 Å². The number of nitrogen functional groups attached to an aromatic ring is 1. The zero-order valence-electron chi connectivity index (χ0n) is 14.4. The highest BCUT2D eigenvalue weighted by Gasteiger charge is 2.16. The lowest BCUT2D eigenvalue weighted by molar-refractivity contribution is 0.389. The minimum atomic E-state index is 0.793. The van der Waals surface area contributed by atoms with Crippen molar-refractivity contribution in [2.24, 2.45) is 0 Å². The number of nitrogens with two attached hydrogens (primary N) is 1. The third kappa shape index (κ3) is 2.22. The monoisotopic (exact) mass is 318 g/mol. The van der Waals surface area contributed by atoms with E-state index in [-0.39, 0.29) is 0 Å². The van der Waals surface area contributed by atoms with Crippen LogP contribution in [0.15, 0.2) is 42.5 Å². The topological polar surface area (TPSA) is 47.1 Å². The van der Waals surface area contributed by atoms with Gasteiger partial charge in [0.05, 0.1) is 11.0 Å². The molecule has 2 aromatic heterocycles. The molecule has 4 heteroatoms. The first kappa shape index (κ1) is 15.0. The van der Waals surface area contributed by atoms with E-state index in [1.165, 1.54) is 27.2 Å². The maximum Gasteiger partial charge on any atom is 0.142 e. The number of nitrogens with zero attached hydrogens (tertiary/aromatic N) is 3. The summed E-state index contributed by atoms with van der Waals surface area (Å²) < 4.78 is 2.32. The number of aryl methyl sites for hydroxylation is 1. The Morgan fingerprint density at radius 3 is 2.67 bits per heavy atom. The predicted octanol–water partition coefficient (Wildman–Crippen LogP) is 3.79. The van der Waals surface area contributed by atoms with Gasteiger partial charge in [0.1, 0.15) is 5.65 Å². The first-order chi connectivity index (χ1) is 11.6. The largest absolute Gasteiger partial charge is 0.399 e. The minimum absolute atomic E-state index is 0.793. The van der Waals surface area contributed by atoms with Crippen molar-refractivity contribution in [1.82, 2.24) is 14.5 Å². The van der Waals surface area contributed by atoms with Crippen LogP contribution in [0.25, 0.3) is 32.8 Å². The molecule has 0 fully saturated rings. The highest BCUT2D eigenvalue weighted by molar-refractivity contribution is 6.13. The summed E-state index contributed by atoms with van der Waals surface area (Å²) in [6.07, 6.45) is 0. The van der Waals surface area contributed by atoms with Crippen molar-refractivity contribution in [2.75, 3.05) is 26.4 Å². The van der Waals surface area contributed by atoms with E-state index in [0.717, 1.165) is 29.9 Å². The molecule has 0 radical (unpaired) electrons. The van der Waals surface area contributed by atoms with Crippen LogP contribution in [-0.2, 0) is 6.54 Å². The Morgan fingerprint density at radius 2 is 1.88 bits per heavy atom. The van der Waals surface area contributed by atoms with Crippen molar-refractivity contribution in [1.29, 1.82) is 0 Å². The molecular weight excluding hydrogens is 296 g/mol. The van der Waals surface area contributed by atoms with E-state index in [1.807, 2.05) is 12.1 Å². The Bertz CT molecular complexity index is 1060. The average molecular weight is 318 g/mol. The van der Waals surface area contributed by atoms with Crippen LogP contribution in [0.4, 0.5) is 5.69 Å². The van der Waals surface area contributed by atoms with Crippen molar-refractivity contribution in [3.63, 3.8) is 0 Å². The number of likely N-dealkylation sites (N-methyl/N-ethyl adjacent to an activating group) is 1. The molecule has 4 nitrogen and oxygen atoms in total. The van der Waals surface area contributed by atoms with Gasteiger partial charge in [0.2, 0.25) is 0 Å². The fourth-order valence-electron chi connectivity index (χ4n) is 3.51. The van der Waals surface area contributed by atoms with E-state index in [0.29, 0.717) is 0 Å². The summed E-state index contributed by atoms with van der Waals surface area (Å²) in [4.78, 5) is 7.18. The normalized spacial score (nSPS) is 12.0. The summed E-state index contributed by atoms with van der Waals surface area (Å²) in [5.41, 5.74) is 11.4. The second-order valence-corrected chi connectivity index (χ2v) is 6.68. The molecule has 0 spiro atoms. The summed E-state index contributed by atoms with van der Waals surface area (Å²) in [6.45, 7) is 4.06. The Balaban J connectivity index is 2.14. The van der Waals surface area contributed by atoms with Crippen LogP contribution in [-0.4, -0.2) is 35.1 Å². The Morgan fingerprint density at radius 1 is 1.08 bits per heavy atom. The summed E-state index contributed by atoms with van der Waals surface area (Å²) in [5, 5.41) is 3.62. The molecule has 0 atom stereocenters. The number of aromatic nitrogens is 2. The first-order valence-corrected chi connectivity index (χ1v) is 8.28. The lowest BCUT2D eigenvalue weighted by Gasteiger charge is -2.12. The highest BCUT2D eigenvalue weighted by Crippen LogP contribution is 2.34. The predicted molar refractivity (Wildman–Crippen MR) is 102 cm³/mol. The SMILES string of the molecule is Cc1c2ccccc2nc2c1c1cc(N)ccc1n2CCN(C)C. The molecule has 0 bridgehead atoms. The molecule has 0 aliphatic heterocycles. The van der Waals surface area contributed by atoms with Gasteiger partial charge >= 0.3 is 0 Å². The molecule has 4 rings (SSSR count). The molecular formula is C20H22N4. The third-order valence-corrected chi connectivity index (χ3v) is 4.74. The molecule has 122 valence electrons. The fraction of sp³-hybridized carbons (Fsp3) is 0.250. The van der Waals surface area contributed by atoms with Crippen LogP contribution >= 0.6 is 0 Å². The molecule has 0 amide bonds. The zero-order valence-corrected chi connectivity index (χ0v) is 14.4. The lowest BCUT2D eigenvalue weighted by Crippen LogP contribution is -2.18. The highest BCUT2D eigenvalue weighted by atomic mass is 15.1. The van der Waals surface area contributed by atoms with Gasteiger partial charge in [-0.3, -0.25) is 0 Å². The number of hydrogen-bond acceptors (Lipinski definition) is 3. The van der Waals surface area contributed by atoms with E-state index >= 15 is 0 Å². The zero-order chi connectivity index (χ0) is 16.8. The molecule has 2 N–H and O–H groups in total. The smallest absolute Gasteiger partial charge is 0.142 e. The van der Waals surface area contributed by atoms with E-state index < -0.39 is 0 Å². The van der Waals surface area contributed by atoms with E-state index in [1.54, 1.807) is 0 Å². The molecule has 0 saturated carbocycles. The van der Waals surface area contributed by atoms with Crippen molar-refractivity contribution in [3.05, 3.63) is 48.0 Å². The van der Waals surface area contributed by atoms with E-state index in [9.17, 15) is 0 Å². The molecule has 4 aromatic rings. The van der Waals surface area contributed by atoms with Gasteiger partial charge in [-0.05, 0) is 50.8 Å². The Hall–Kier alpha value is -2.59. The number of benzene rings is 2. The van der Waals surface area contributed by atoms with Crippen molar-refractivity contribution in [2.45, 2.75) is 13.5 Å². The fourth-order valence-corrected chi connectivity index (χ4v) is 3.51. The lowest BCUT2D eigenvalue weighted by atomic mass is 10.0. The van der Waals surface area contributed by atoms with Crippen molar-refractivity contribution < 1.29 is 0 Å². The van der Waals surface area contributed by atoms with Gasteiger partial charge in [-0.2, -0.15) is 0 Å². The van der Waals surface area contributed by atoms with Gasteiger partial charge in [-0.15, -0.1) is 0 Å². The first-order valence-electron chi connectivity index (χ1n) is 8.28. The molecule has 24 heavy (non-hydrogen) atoms. The number of hydrogen-bond donors (Lipinski definition) is 1. The van der Waals surface area contributed by atoms with Crippen molar-refractivity contribution in [3.8, 4) is 0 Å². The van der Waals surface area contributed by atoms with Gasteiger partial charge in [-0.25, -0.2) is 4.98 Å². The summed E-state index contributed by atoms with van der Waals surface area (Å²) in [7, 11) is 4.19. The quantitative estimate of drug-likeness (QED) is 0.585. The maximum absolute atomic E-state index is 6.07. The molecule has 0 aliphatic rings. The number of anilines is 1. The van der Waals surface area contributed by atoms with Crippen molar-refractivity contribution >= 4 is 38.5 Å². The molecule has 0 saturated heterocycles. The number of para-hydroxylation sites is 1. The van der Waals surface area contributed by atoms with Gasteiger partial charge in [0.15, 0.2) is 0 Å². The Labute approximate surface area is 141 Å². The van der Waals surface area contributed by atoms with Gasteiger partial charge in [0.25, 0.3) is 0 Å². The van der Waals surface area contributed by atoms with Crippen LogP contribution in [0.2, 0.25) is 0 Å². The van der Waals surface area contributed by atoms with Crippen LogP contribution in [0, 0.1) is 6.92 Å². The molecule has 2 aromatic carbocycles.